The Morgan fingerprint density at radius 2 is 0.800 bits per heavy atom. The lowest BCUT2D eigenvalue weighted by molar-refractivity contribution is 0.442. The lowest BCUT2D eigenvalue weighted by Gasteiger charge is -2.36. The maximum Gasteiger partial charge on any atom is 0.159 e. The molecule has 2 saturated carbocycles. The van der Waals surface area contributed by atoms with Crippen molar-refractivity contribution >= 4 is 88.8 Å². The molecule has 4 nitrogen and oxygen atoms in total. The Kier molecular flexibility index (Phi) is 12.5. The first kappa shape index (κ1) is 51.5. The molecule has 3 aliphatic rings. The first-order valence-corrected chi connectivity index (χ1v) is 31.3. The summed E-state index contributed by atoms with van der Waals surface area (Å²) in [5, 5.41) is 7.05. The van der Waals surface area contributed by atoms with Crippen molar-refractivity contribution in [3.8, 4) is 11.1 Å². The quantitative estimate of drug-likeness (QED) is 0.137. The zero-order valence-electron chi connectivity index (χ0n) is 49.2. The van der Waals surface area contributed by atoms with Crippen LogP contribution in [-0.2, 0) is 5.41 Å². The van der Waals surface area contributed by atoms with E-state index >= 15 is 0 Å². The third-order valence-corrected chi connectivity index (χ3v) is 19.9. The molecule has 3 aliphatic carbocycles. The van der Waals surface area contributed by atoms with Crippen molar-refractivity contribution in [3.63, 3.8) is 0 Å². The minimum absolute atomic E-state index is 0.495. The number of aryl methyl sites for hydroxylation is 4. The highest BCUT2D eigenvalue weighted by Crippen LogP contribution is 2.62. The van der Waals surface area contributed by atoms with Crippen LogP contribution in [-0.4, -0.2) is 0 Å². The zero-order valence-corrected chi connectivity index (χ0v) is 49.2. The molecule has 2 fully saturated rings. The zero-order chi connectivity index (χ0) is 56.9. The van der Waals surface area contributed by atoms with Gasteiger partial charge in [0.2, 0.25) is 0 Å². The number of anilines is 6. The highest BCUT2D eigenvalue weighted by atomic mass is 16.3. The topological polar surface area (TPSA) is 32.8 Å². The summed E-state index contributed by atoms with van der Waals surface area (Å²) in [5.74, 6) is 0.996. The van der Waals surface area contributed by atoms with Gasteiger partial charge in [0.15, 0.2) is 11.2 Å². The fourth-order valence-corrected chi connectivity index (χ4v) is 15.8. The normalized spacial score (nSPS) is 15.3. The molecule has 13 aromatic rings. The van der Waals surface area contributed by atoms with E-state index in [1.165, 1.54) is 153 Å². The lowest BCUT2D eigenvalue weighted by atomic mass is 9.67. The molecule has 0 N–H and O–H groups in total. The van der Waals surface area contributed by atoms with E-state index in [1.807, 2.05) is 0 Å². The Hall–Kier alpha value is -9.12. The van der Waals surface area contributed by atoms with Gasteiger partial charge in [-0.2, -0.15) is 0 Å². The van der Waals surface area contributed by atoms with E-state index in [4.69, 9.17) is 8.83 Å². The first-order valence-electron chi connectivity index (χ1n) is 31.3. The van der Waals surface area contributed by atoms with Crippen LogP contribution in [0.3, 0.4) is 0 Å². The number of rotatable bonds is 10. The highest BCUT2D eigenvalue weighted by Gasteiger charge is 2.48. The van der Waals surface area contributed by atoms with Gasteiger partial charge in [-0.1, -0.05) is 214 Å². The van der Waals surface area contributed by atoms with E-state index in [9.17, 15) is 0 Å². The third kappa shape index (κ3) is 8.15. The summed E-state index contributed by atoms with van der Waals surface area (Å²) < 4.78 is 14.8. The molecule has 2 aromatic heterocycles. The standard InChI is InChI=1S/C81H70N2O2/c1-51-41-43-53(3)73(47-51)82(71-39-21-37-66-64-35-19-33-60(77(64)84-79(66)71)55-23-9-5-10-24-55)59-45-46-68-69(49-59)81(57-27-13-7-14-28-57,58-29-15-8-16-30-58)70-50-75(62-31-17-18-32-63(62)76(68)70)83(74-48-52(2)42-44-54(74)4)72-40-22-38-67-65-36-20-34-61(78(65)85-80(67)72)56-25-11-6-12-26-56/h7-8,13-22,27-50,55-56H,5-6,9-12,23-26H2,1-4H3. The second-order valence-electron chi connectivity index (χ2n) is 25.0. The maximum atomic E-state index is 7.45. The largest absolute Gasteiger partial charge is 0.454 e. The van der Waals surface area contributed by atoms with Gasteiger partial charge >= 0.3 is 0 Å². The first-order chi connectivity index (χ1) is 41.8. The summed E-state index contributed by atoms with van der Waals surface area (Å²) in [6, 6.07) is 82.8. The van der Waals surface area contributed by atoms with Crippen LogP contribution in [0.4, 0.5) is 34.1 Å². The molecular weight excluding hydrogens is 1030 g/mol. The van der Waals surface area contributed by atoms with Gasteiger partial charge in [-0.25, -0.2) is 0 Å². The van der Waals surface area contributed by atoms with E-state index in [-0.39, 0.29) is 0 Å². The molecule has 16 rings (SSSR count). The lowest BCUT2D eigenvalue weighted by Crippen LogP contribution is -2.29. The van der Waals surface area contributed by atoms with Crippen LogP contribution in [0, 0.1) is 27.7 Å². The van der Waals surface area contributed by atoms with Crippen LogP contribution in [0.5, 0.6) is 0 Å². The molecule has 0 saturated heterocycles. The Balaban J connectivity index is 0.979. The molecule has 416 valence electrons. The van der Waals surface area contributed by atoms with Gasteiger partial charge in [-0.3, -0.25) is 0 Å². The second kappa shape index (κ2) is 20.6. The summed E-state index contributed by atoms with van der Waals surface area (Å²) in [5.41, 5.74) is 24.5. The number of benzene rings is 11. The van der Waals surface area contributed by atoms with Crippen molar-refractivity contribution in [3.05, 3.63) is 274 Å². The SMILES string of the molecule is Cc1ccc(C)c(N(c2ccc3c(c2)C(c2ccccc2)(c2ccccc2)c2cc(N(c4cc(C)ccc4C)c4cccc5c4oc4c(C6CCCCC6)cccc45)c4ccccc4c2-3)c2cccc3c2oc2c(C4CCCCC4)cccc23)c1. The fraction of sp³-hybridized carbons (Fsp3) is 0.210. The van der Waals surface area contributed by atoms with Crippen LogP contribution < -0.4 is 9.80 Å². The Morgan fingerprint density at radius 1 is 0.341 bits per heavy atom. The number of hydrogen-bond donors (Lipinski definition) is 0. The number of hydrogen-bond acceptors (Lipinski definition) is 4. The van der Waals surface area contributed by atoms with Gasteiger partial charge in [0.25, 0.3) is 0 Å². The van der Waals surface area contributed by atoms with Gasteiger partial charge in [0.05, 0.1) is 22.5 Å². The molecule has 4 heteroatoms. The molecule has 0 spiro atoms. The number of furan rings is 2. The van der Waals surface area contributed by atoms with Gasteiger partial charge in [-0.05, 0) is 180 Å². The summed E-state index contributed by atoms with van der Waals surface area (Å²) in [6.45, 7) is 8.94. The maximum absolute atomic E-state index is 7.45. The fourth-order valence-electron chi connectivity index (χ4n) is 15.8. The Morgan fingerprint density at radius 3 is 1.34 bits per heavy atom. The smallest absolute Gasteiger partial charge is 0.159 e. The number of nitrogens with zero attached hydrogens (tertiary/aromatic N) is 2. The molecule has 0 aliphatic heterocycles. The number of para-hydroxylation sites is 4. The van der Waals surface area contributed by atoms with Crippen LogP contribution in [0.2, 0.25) is 0 Å². The molecule has 0 amide bonds. The van der Waals surface area contributed by atoms with Crippen molar-refractivity contribution in [1.29, 1.82) is 0 Å². The summed E-state index contributed by atoms with van der Waals surface area (Å²) in [4.78, 5) is 5.04. The summed E-state index contributed by atoms with van der Waals surface area (Å²) in [6.07, 6.45) is 12.5. The van der Waals surface area contributed by atoms with Crippen molar-refractivity contribution < 1.29 is 8.83 Å². The molecular formula is C81H70N2O2. The van der Waals surface area contributed by atoms with Crippen molar-refractivity contribution in [2.24, 2.45) is 0 Å². The van der Waals surface area contributed by atoms with Crippen molar-refractivity contribution in [2.45, 2.75) is 109 Å². The molecule has 2 heterocycles. The molecule has 0 radical (unpaired) electrons. The molecule has 0 bridgehead atoms. The molecule has 0 unspecified atom stereocenters. The van der Waals surface area contributed by atoms with Crippen molar-refractivity contribution in [1.82, 2.24) is 0 Å². The van der Waals surface area contributed by atoms with Gasteiger partial charge in [0, 0.05) is 44.0 Å². The van der Waals surface area contributed by atoms with Gasteiger partial charge < -0.3 is 18.6 Å². The summed E-state index contributed by atoms with van der Waals surface area (Å²) >= 11 is 0. The Bertz CT molecular complexity index is 4700. The average molecular weight is 1100 g/mol. The molecule has 11 aromatic carbocycles. The van der Waals surface area contributed by atoms with E-state index in [0.717, 1.165) is 67.2 Å². The average Bonchev–Trinajstić information content (AvgIpc) is 1.57. The van der Waals surface area contributed by atoms with Crippen molar-refractivity contribution in [2.75, 3.05) is 9.80 Å². The number of fused-ring (bicyclic) bond motifs is 11. The molecule has 85 heavy (non-hydrogen) atoms. The predicted octanol–water partition coefficient (Wildman–Crippen LogP) is 23.3. The molecule has 0 atom stereocenters. The van der Waals surface area contributed by atoms with Crippen LogP contribution >= 0.6 is 0 Å². The van der Waals surface area contributed by atoms with Gasteiger partial charge in [-0.15, -0.1) is 0 Å². The van der Waals surface area contributed by atoms with Crippen LogP contribution in [0.25, 0.3) is 65.8 Å². The highest BCUT2D eigenvalue weighted by molar-refractivity contribution is 6.16. The third-order valence-electron chi connectivity index (χ3n) is 19.9. The monoisotopic (exact) mass is 1100 g/mol. The summed E-state index contributed by atoms with van der Waals surface area (Å²) in [7, 11) is 0. The van der Waals surface area contributed by atoms with Gasteiger partial charge in [0.1, 0.15) is 11.2 Å². The second-order valence-corrected chi connectivity index (χ2v) is 25.0. The van der Waals surface area contributed by atoms with E-state index in [2.05, 4.69) is 256 Å². The van der Waals surface area contributed by atoms with E-state index < -0.39 is 5.41 Å². The van der Waals surface area contributed by atoms with E-state index in [0.29, 0.717) is 11.8 Å². The predicted molar refractivity (Wildman–Crippen MR) is 356 cm³/mol. The van der Waals surface area contributed by atoms with Crippen LogP contribution in [0.15, 0.2) is 227 Å². The van der Waals surface area contributed by atoms with E-state index in [1.54, 1.807) is 0 Å². The minimum atomic E-state index is -0.775. The minimum Gasteiger partial charge on any atom is -0.454 e. The Labute approximate surface area is 499 Å². The van der Waals surface area contributed by atoms with Crippen LogP contribution in [0.1, 0.15) is 132 Å².